The molecule has 0 aliphatic heterocycles. The lowest BCUT2D eigenvalue weighted by Crippen LogP contribution is -2.35. The third-order valence-electron chi connectivity index (χ3n) is 2.64. The monoisotopic (exact) mass is 285 g/mol. The van der Waals surface area contributed by atoms with Crippen LogP contribution in [-0.4, -0.2) is 15.2 Å². The highest BCUT2D eigenvalue weighted by molar-refractivity contribution is 5.19. The van der Waals surface area contributed by atoms with Crippen molar-refractivity contribution in [1.82, 2.24) is 10.1 Å². The molecule has 0 amide bonds. The van der Waals surface area contributed by atoms with Crippen LogP contribution < -0.4 is 4.85 Å². The van der Waals surface area contributed by atoms with E-state index in [1.807, 2.05) is 0 Å². The standard InChI is InChI=1S/C12H10F3N3O2/c13-12(14,15)8-1-2-9(16-6-8)3-4-10-5-11(19)7-17-18(10)20/h1-2,5-7,19H,3-4H2. The Kier molecular flexibility index (Phi) is 3.73. The number of aromatic nitrogens is 3. The Labute approximate surface area is 111 Å². The van der Waals surface area contributed by atoms with Gasteiger partial charge < -0.3 is 10.3 Å². The molecule has 0 fully saturated rings. The van der Waals surface area contributed by atoms with Crippen molar-refractivity contribution in [1.29, 1.82) is 0 Å². The summed E-state index contributed by atoms with van der Waals surface area (Å²) in [5.41, 5.74) is -0.188. The maximum atomic E-state index is 12.3. The highest BCUT2D eigenvalue weighted by Crippen LogP contribution is 2.28. The first-order valence-electron chi connectivity index (χ1n) is 5.66. The summed E-state index contributed by atoms with van der Waals surface area (Å²) in [5, 5.41) is 23.9. The van der Waals surface area contributed by atoms with Gasteiger partial charge in [-0.25, -0.2) is 0 Å². The third-order valence-corrected chi connectivity index (χ3v) is 2.64. The largest absolute Gasteiger partial charge is 0.594 e. The van der Waals surface area contributed by atoms with Gasteiger partial charge in [0.1, 0.15) is 11.9 Å². The Bertz CT molecular complexity index is 600. The van der Waals surface area contributed by atoms with Crippen molar-refractivity contribution in [2.45, 2.75) is 19.0 Å². The van der Waals surface area contributed by atoms with Crippen molar-refractivity contribution in [2.75, 3.05) is 0 Å². The lowest BCUT2D eigenvalue weighted by molar-refractivity contribution is -0.676. The number of rotatable bonds is 3. The summed E-state index contributed by atoms with van der Waals surface area (Å²) in [6.45, 7) is 0. The average Bonchev–Trinajstić information content (AvgIpc) is 2.39. The van der Waals surface area contributed by atoms with Crippen LogP contribution in [0.5, 0.6) is 5.75 Å². The maximum absolute atomic E-state index is 12.3. The van der Waals surface area contributed by atoms with E-state index in [0.29, 0.717) is 10.5 Å². The van der Waals surface area contributed by atoms with Crippen LogP contribution in [-0.2, 0) is 19.0 Å². The molecule has 0 saturated carbocycles. The Morgan fingerprint density at radius 3 is 2.55 bits per heavy atom. The fourth-order valence-electron chi connectivity index (χ4n) is 1.61. The van der Waals surface area contributed by atoms with Crippen LogP contribution in [0.3, 0.4) is 0 Å². The van der Waals surface area contributed by atoms with E-state index in [0.717, 1.165) is 18.5 Å². The molecule has 0 saturated heterocycles. The number of hydrogen-bond acceptors (Lipinski definition) is 4. The van der Waals surface area contributed by atoms with Gasteiger partial charge in [0.2, 0.25) is 5.69 Å². The van der Waals surface area contributed by atoms with E-state index in [2.05, 4.69) is 10.1 Å². The normalized spacial score (nSPS) is 11.6. The fourth-order valence-corrected chi connectivity index (χ4v) is 1.61. The number of alkyl halides is 3. The topological polar surface area (TPSA) is 73.0 Å². The van der Waals surface area contributed by atoms with Crippen LogP contribution in [0.25, 0.3) is 0 Å². The third kappa shape index (κ3) is 3.34. The van der Waals surface area contributed by atoms with Gasteiger partial charge in [-0.3, -0.25) is 4.98 Å². The summed E-state index contributed by atoms with van der Waals surface area (Å²) < 4.78 is 37.0. The predicted molar refractivity (Wildman–Crippen MR) is 61.5 cm³/mol. The summed E-state index contributed by atoms with van der Waals surface area (Å²) in [5.74, 6) is -0.146. The van der Waals surface area contributed by atoms with Crippen molar-refractivity contribution in [3.63, 3.8) is 0 Å². The van der Waals surface area contributed by atoms with E-state index in [1.165, 1.54) is 12.1 Å². The molecule has 2 aromatic rings. The van der Waals surface area contributed by atoms with Gasteiger partial charge in [0, 0.05) is 23.4 Å². The van der Waals surface area contributed by atoms with Crippen LogP contribution >= 0.6 is 0 Å². The zero-order valence-corrected chi connectivity index (χ0v) is 10.1. The van der Waals surface area contributed by atoms with Gasteiger partial charge >= 0.3 is 6.18 Å². The quantitative estimate of drug-likeness (QED) is 0.687. The minimum absolute atomic E-state index is 0.146. The molecular weight excluding hydrogens is 275 g/mol. The molecular formula is C12H10F3N3O2. The SMILES string of the molecule is [O-][n+]1ncc(O)cc1CCc1ccc(C(F)(F)F)cn1. The smallest absolute Gasteiger partial charge is 0.417 e. The number of aryl methyl sites for hydroxylation is 2. The molecule has 0 radical (unpaired) electrons. The molecule has 20 heavy (non-hydrogen) atoms. The molecule has 0 aromatic carbocycles. The van der Waals surface area contributed by atoms with Gasteiger partial charge in [0.15, 0.2) is 0 Å². The minimum atomic E-state index is -4.42. The van der Waals surface area contributed by atoms with Crippen molar-refractivity contribution in [3.05, 3.63) is 52.8 Å². The Balaban J connectivity index is 2.06. The van der Waals surface area contributed by atoms with Crippen LogP contribution in [0.15, 0.2) is 30.6 Å². The summed E-state index contributed by atoms with van der Waals surface area (Å²) in [7, 11) is 0. The van der Waals surface area contributed by atoms with Crippen molar-refractivity contribution in [3.8, 4) is 5.75 Å². The highest BCUT2D eigenvalue weighted by Gasteiger charge is 2.30. The Hall–Kier alpha value is -2.38. The lowest BCUT2D eigenvalue weighted by atomic mass is 10.1. The van der Waals surface area contributed by atoms with Gasteiger partial charge in [-0.05, 0) is 18.6 Å². The second-order valence-electron chi connectivity index (χ2n) is 4.11. The number of halogens is 3. The first-order chi connectivity index (χ1) is 9.36. The highest BCUT2D eigenvalue weighted by atomic mass is 19.4. The van der Waals surface area contributed by atoms with Crippen molar-refractivity contribution >= 4 is 0 Å². The predicted octanol–water partition coefficient (Wildman–Crippen LogP) is 1.62. The number of pyridine rings is 1. The molecule has 8 heteroatoms. The number of aromatic hydroxyl groups is 1. The summed E-state index contributed by atoms with van der Waals surface area (Å²) in [6.07, 6.45) is -2.18. The molecule has 5 nitrogen and oxygen atoms in total. The van der Waals surface area contributed by atoms with Crippen LogP contribution in [0.1, 0.15) is 17.0 Å². The molecule has 2 rings (SSSR count). The van der Waals surface area contributed by atoms with Gasteiger partial charge in [0.25, 0.3) is 0 Å². The molecule has 106 valence electrons. The number of nitrogens with zero attached hydrogens (tertiary/aromatic N) is 3. The van der Waals surface area contributed by atoms with Gasteiger partial charge in [-0.15, -0.1) is 0 Å². The van der Waals surface area contributed by atoms with E-state index in [1.54, 1.807) is 0 Å². The first kappa shape index (κ1) is 14.0. The molecule has 0 bridgehead atoms. The maximum Gasteiger partial charge on any atom is 0.417 e. The molecule has 1 N–H and O–H groups in total. The van der Waals surface area contributed by atoms with Crippen molar-refractivity contribution < 1.29 is 23.1 Å². The van der Waals surface area contributed by atoms with E-state index < -0.39 is 11.7 Å². The molecule has 0 atom stereocenters. The van der Waals surface area contributed by atoms with E-state index in [9.17, 15) is 23.5 Å². The van der Waals surface area contributed by atoms with Crippen molar-refractivity contribution in [2.24, 2.45) is 0 Å². The Morgan fingerprint density at radius 1 is 1.20 bits per heavy atom. The van der Waals surface area contributed by atoms with Crippen LogP contribution in [0.4, 0.5) is 13.2 Å². The second-order valence-corrected chi connectivity index (χ2v) is 4.11. The zero-order valence-electron chi connectivity index (χ0n) is 10.1. The molecule has 2 aromatic heterocycles. The summed E-state index contributed by atoms with van der Waals surface area (Å²) in [6, 6.07) is 3.45. The molecule has 2 heterocycles. The van der Waals surface area contributed by atoms with E-state index in [-0.39, 0.29) is 24.3 Å². The average molecular weight is 285 g/mol. The Morgan fingerprint density at radius 2 is 1.95 bits per heavy atom. The number of hydrogen-bond donors (Lipinski definition) is 1. The van der Waals surface area contributed by atoms with Crippen LogP contribution in [0, 0.1) is 5.21 Å². The molecule has 0 aliphatic rings. The zero-order chi connectivity index (χ0) is 14.8. The minimum Gasteiger partial charge on any atom is -0.594 e. The summed E-state index contributed by atoms with van der Waals surface area (Å²) in [4.78, 5) is 4.05. The van der Waals surface area contributed by atoms with E-state index in [4.69, 9.17) is 0 Å². The lowest BCUT2D eigenvalue weighted by Gasteiger charge is -2.06. The van der Waals surface area contributed by atoms with Crippen LogP contribution in [0.2, 0.25) is 0 Å². The summed E-state index contributed by atoms with van der Waals surface area (Å²) >= 11 is 0. The van der Waals surface area contributed by atoms with Gasteiger partial charge in [0.05, 0.1) is 11.6 Å². The fraction of sp³-hybridized carbons (Fsp3) is 0.250. The van der Waals surface area contributed by atoms with E-state index >= 15 is 0 Å². The first-order valence-corrected chi connectivity index (χ1v) is 5.66. The molecule has 0 aliphatic carbocycles. The second kappa shape index (κ2) is 5.32. The molecule has 0 unspecified atom stereocenters. The van der Waals surface area contributed by atoms with Gasteiger partial charge in [-0.2, -0.15) is 13.2 Å². The van der Waals surface area contributed by atoms with Gasteiger partial charge in [-0.1, -0.05) is 4.85 Å². The molecule has 0 spiro atoms.